The van der Waals surface area contributed by atoms with Crippen LogP contribution in [0.2, 0.25) is 0 Å². The molecule has 1 aliphatic rings. The van der Waals surface area contributed by atoms with E-state index in [0.717, 1.165) is 48.0 Å². The molecule has 1 unspecified atom stereocenters. The Bertz CT molecular complexity index is 762. The van der Waals surface area contributed by atoms with Gasteiger partial charge in [-0.3, -0.25) is 5.10 Å². The van der Waals surface area contributed by atoms with Gasteiger partial charge >= 0.3 is 0 Å². The first kappa shape index (κ1) is 13.2. The molecule has 6 nitrogen and oxygen atoms in total. The number of hydrogen-bond acceptors (Lipinski definition) is 5. The summed E-state index contributed by atoms with van der Waals surface area (Å²) < 4.78 is 5.57. The molecule has 1 aliphatic heterocycles. The van der Waals surface area contributed by atoms with Crippen molar-refractivity contribution in [2.75, 3.05) is 18.5 Å². The summed E-state index contributed by atoms with van der Waals surface area (Å²) in [7, 11) is 0. The molecule has 0 bridgehead atoms. The Labute approximate surface area is 127 Å². The average molecular weight is 295 g/mol. The number of aromatic nitrogens is 4. The first-order valence-electron chi connectivity index (χ1n) is 7.49. The van der Waals surface area contributed by atoms with Gasteiger partial charge in [0.25, 0.3) is 0 Å². The number of aromatic amines is 1. The van der Waals surface area contributed by atoms with Crippen LogP contribution >= 0.6 is 0 Å². The van der Waals surface area contributed by atoms with Crippen molar-refractivity contribution in [3.05, 3.63) is 36.8 Å². The predicted octanol–water partition coefficient (Wildman–Crippen LogP) is 2.61. The van der Waals surface area contributed by atoms with Crippen molar-refractivity contribution in [2.24, 2.45) is 0 Å². The van der Waals surface area contributed by atoms with Crippen molar-refractivity contribution in [1.29, 1.82) is 0 Å². The zero-order valence-electron chi connectivity index (χ0n) is 12.1. The molecule has 2 aromatic heterocycles. The smallest absolute Gasteiger partial charge is 0.222 e. The molecule has 1 fully saturated rings. The average Bonchev–Trinajstić information content (AvgIpc) is 3.24. The van der Waals surface area contributed by atoms with E-state index in [1.165, 1.54) is 0 Å². The number of nitrogens with zero attached hydrogens (tertiary/aromatic N) is 3. The van der Waals surface area contributed by atoms with E-state index in [9.17, 15) is 0 Å². The van der Waals surface area contributed by atoms with Gasteiger partial charge in [0.15, 0.2) is 0 Å². The van der Waals surface area contributed by atoms with Crippen molar-refractivity contribution in [1.82, 2.24) is 20.2 Å². The Morgan fingerprint density at radius 2 is 2.09 bits per heavy atom. The van der Waals surface area contributed by atoms with Crippen LogP contribution in [-0.4, -0.2) is 39.4 Å². The highest BCUT2D eigenvalue weighted by Crippen LogP contribution is 2.22. The highest BCUT2D eigenvalue weighted by molar-refractivity contribution is 5.83. The van der Waals surface area contributed by atoms with Gasteiger partial charge in [-0.25, -0.2) is 9.97 Å². The zero-order chi connectivity index (χ0) is 14.8. The Balaban J connectivity index is 1.48. The van der Waals surface area contributed by atoms with Crippen LogP contribution in [-0.2, 0) is 4.74 Å². The summed E-state index contributed by atoms with van der Waals surface area (Å²) >= 11 is 0. The number of fused-ring (bicyclic) bond motifs is 1. The third-order valence-electron chi connectivity index (χ3n) is 3.94. The minimum absolute atomic E-state index is 0.284. The quantitative estimate of drug-likeness (QED) is 0.774. The van der Waals surface area contributed by atoms with E-state index in [4.69, 9.17) is 4.74 Å². The van der Waals surface area contributed by atoms with Crippen LogP contribution in [0.25, 0.3) is 22.0 Å². The summed E-state index contributed by atoms with van der Waals surface area (Å²) in [5.74, 6) is 0.642. The van der Waals surface area contributed by atoms with E-state index < -0.39 is 0 Å². The fourth-order valence-corrected chi connectivity index (χ4v) is 2.70. The first-order chi connectivity index (χ1) is 10.9. The Kier molecular flexibility index (Phi) is 3.44. The van der Waals surface area contributed by atoms with Crippen LogP contribution in [0, 0.1) is 0 Å². The molecular weight excluding hydrogens is 278 g/mol. The largest absolute Gasteiger partial charge is 0.376 e. The van der Waals surface area contributed by atoms with Gasteiger partial charge in [-0.15, -0.1) is 0 Å². The maximum absolute atomic E-state index is 5.57. The van der Waals surface area contributed by atoms with Gasteiger partial charge in [0.2, 0.25) is 5.95 Å². The van der Waals surface area contributed by atoms with Crippen LogP contribution in [0.1, 0.15) is 12.8 Å². The van der Waals surface area contributed by atoms with Crippen molar-refractivity contribution in [2.45, 2.75) is 18.9 Å². The standard InChI is InChI=1S/C16H17N5O/c1-2-14(22-5-1)10-19-16-17-7-13(8-18-16)11-3-4-15-12(6-11)9-20-21-15/h3-4,6-9,14H,1-2,5,10H2,(H,20,21)(H,17,18,19). The molecule has 1 saturated heterocycles. The fraction of sp³-hybridized carbons (Fsp3) is 0.312. The highest BCUT2D eigenvalue weighted by Gasteiger charge is 2.15. The Hall–Kier alpha value is -2.47. The SMILES string of the molecule is c1cc2[nH]ncc2cc1-c1cnc(NCC2CCCO2)nc1. The molecule has 1 aromatic carbocycles. The fourth-order valence-electron chi connectivity index (χ4n) is 2.70. The van der Waals surface area contributed by atoms with Crippen LogP contribution in [0.15, 0.2) is 36.8 Å². The van der Waals surface area contributed by atoms with E-state index in [0.29, 0.717) is 5.95 Å². The molecule has 2 N–H and O–H groups in total. The van der Waals surface area contributed by atoms with E-state index in [1.807, 2.05) is 30.7 Å². The number of H-pyrrole nitrogens is 1. The van der Waals surface area contributed by atoms with Gasteiger partial charge in [-0.2, -0.15) is 5.10 Å². The molecule has 0 amide bonds. The summed E-state index contributed by atoms with van der Waals surface area (Å²) in [4.78, 5) is 8.77. The van der Waals surface area contributed by atoms with Gasteiger partial charge in [0.1, 0.15) is 0 Å². The van der Waals surface area contributed by atoms with Crippen LogP contribution in [0.5, 0.6) is 0 Å². The highest BCUT2D eigenvalue weighted by atomic mass is 16.5. The van der Waals surface area contributed by atoms with Gasteiger partial charge in [-0.1, -0.05) is 6.07 Å². The number of benzene rings is 1. The molecule has 22 heavy (non-hydrogen) atoms. The van der Waals surface area contributed by atoms with E-state index in [1.54, 1.807) is 0 Å². The number of anilines is 1. The second kappa shape index (κ2) is 5.73. The minimum Gasteiger partial charge on any atom is -0.376 e. The van der Waals surface area contributed by atoms with Gasteiger partial charge < -0.3 is 10.1 Å². The number of nitrogens with one attached hydrogen (secondary N) is 2. The lowest BCUT2D eigenvalue weighted by Gasteiger charge is -2.10. The Morgan fingerprint density at radius 3 is 2.91 bits per heavy atom. The number of hydrogen-bond donors (Lipinski definition) is 2. The third kappa shape index (κ3) is 2.65. The van der Waals surface area contributed by atoms with Gasteiger partial charge in [-0.05, 0) is 30.5 Å². The Morgan fingerprint density at radius 1 is 1.18 bits per heavy atom. The summed E-state index contributed by atoms with van der Waals surface area (Å²) in [5, 5.41) is 11.3. The zero-order valence-corrected chi connectivity index (χ0v) is 12.1. The van der Waals surface area contributed by atoms with Crippen molar-refractivity contribution in [3.63, 3.8) is 0 Å². The molecule has 112 valence electrons. The lowest BCUT2D eigenvalue weighted by Crippen LogP contribution is -2.19. The second-order valence-corrected chi connectivity index (χ2v) is 5.48. The lowest BCUT2D eigenvalue weighted by atomic mass is 10.1. The van der Waals surface area contributed by atoms with Crippen LogP contribution in [0.4, 0.5) is 5.95 Å². The summed E-state index contributed by atoms with van der Waals surface area (Å²) in [6.07, 6.45) is 8.03. The lowest BCUT2D eigenvalue weighted by molar-refractivity contribution is 0.120. The molecule has 0 saturated carbocycles. The monoisotopic (exact) mass is 295 g/mol. The molecule has 3 heterocycles. The predicted molar refractivity (Wildman–Crippen MR) is 84.6 cm³/mol. The third-order valence-corrected chi connectivity index (χ3v) is 3.94. The first-order valence-corrected chi connectivity index (χ1v) is 7.49. The molecule has 0 spiro atoms. The second-order valence-electron chi connectivity index (χ2n) is 5.48. The molecule has 3 aromatic rings. The van der Waals surface area contributed by atoms with E-state index in [2.05, 4.69) is 31.5 Å². The molecule has 1 atom stereocenters. The van der Waals surface area contributed by atoms with Gasteiger partial charge in [0, 0.05) is 36.5 Å². The molecular formula is C16H17N5O. The van der Waals surface area contributed by atoms with Crippen molar-refractivity contribution >= 4 is 16.9 Å². The molecule has 6 heteroatoms. The maximum atomic E-state index is 5.57. The molecule has 0 radical (unpaired) electrons. The van der Waals surface area contributed by atoms with Crippen LogP contribution in [0.3, 0.4) is 0 Å². The molecule has 0 aliphatic carbocycles. The van der Waals surface area contributed by atoms with E-state index in [-0.39, 0.29) is 6.10 Å². The molecule has 4 rings (SSSR count). The normalized spacial score (nSPS) is 17.9. The van der Waals surface area contributed by atoms with Crippen molar-refractivity contribution < 1.29 is 4.74 Å². The van der Waals surface area contributed by atoms with Crippen molar-refractivity contribution in [3.8, 4) is 11.1 Å². The summed E-state index contributed by atoms with van der Waals surface area (Å²) in [6, 6.07) is 6.14. The minimum atomic E-state index is 0.284. The maximum Gasteiger partial charge on any atom is 0.222 e. The van der Waals surface area contributed by atoms with E-state index >= 15 is 0 Å². The number of rotatable bonds is 4. The number of ether oxygens (including phenoxy) is 1. The topological polar surface area (TPSA) is 75.7 Å². The summed E-state index contributed by atoms with van der Waals surface area (Å²) in [6.45, 7) is 1.63. The van der Waals surface area contributed by atoms with Gasteiger partial charge in [0.05, 0.1) is 17.8 Å². The summed E-state index contributed by atoms with van der Waals surface area (Å²) in [5.41, 5.74) is 3.10. The van der Waals surface area contributed by atoms with Crippen LogP contribution < -0.4 is 5.32 Å².